The lowest BCUT2D eigenvalue weighted by Crippen LogP contribution is -2.20. The molecule has 6 heteroatoms. The van der Waals surface area contributed by atoms with Crippen LogP contribution in [0.5, 0.6) is 5.75 Å². The molecule has 0 saturated carbocycles. The minimum Gasteiger partial charge on any atom is -0.494 e. The molecule has 0 aliphatic rings. The van der Waals surface area contributed by atoms with Crippen molar-refractivity contribution in [1.82, 2.24) is 14.7 Å². The molecule has 5 nitrogen and oxygen atoms in total. The first-order valence-corrected chi connectivity index (χ1v) is 9.25. The summed E-state index contributed by atoms with van der Waals surface area (Å²) in [4.78, 5) is 16.5. The van der Waals surface area contributed by atoms with Crippen LogP contribution in [0.2, 0.25) is 0 Å². The molecule has 1 amide bonds. The predicted octanol–water partition coefficient (Wildman–Crippen LogP) is 4.22. The van der Waals surface area contributed by atoms with E-state index in [9.17, 15) is 4.79 Å². The molecule has 2 heterocycles. The van der Waals surface area contributed by atoms with Gasteiger partial charge in [0.1, 0.15) is 11.4 Å². The maximum atomic E-state index is 12.0. The highest BCUT2D eigenvalue weighted by molar-refractivity contribution is 9.10. The number of pyridine rings is 1. The van der Waals surface area contributed by atoms with Gasteiger partial charge in [0, 0.05) is 22.9 Å². The summed E-state index contributed by atoms with van der Waals surface area (Å²) in [5.74, 6) is 0.682. The average molecular weight is 414 g/mol. The number of ether oxygens (including phenoxy) is 1. The van der Waals surface area contributed by atoms with E-state index in [-0.39, 0.29) is 5.91 Å². The number of carbonyl (C=O) groups is 1. The Labute approximate surface area is 160 Å². The van der Waals surface area contributed by atoms with E-state index < -0.39 is 0 Å². The Morgan fingerprint density at radius 2 is 2.04 bits per heavy atom. The van der Waals surface area contributed by atoms with E-state index in [1.165, 1.54) is 6.08 Å². The van der Waals surface area contributed by atoms with Crippen LogP contribution in [-0.2, 0) is 11.3 Å². The molecule has 3 rings (SSSR count). The number of fused-ring (bicyclic) bond motifs is 1. The Morgan fingerprint density at radius 1 is 1.23 bits per heavy atom. The van der Waals surface area contributed by atoms with Crippen molar-refractivity contribution in [3.63, 3.8) is 0 Å². The van der Waals surface area contributed by atoms with Crippen molar-refractivity contribution in [2.75, 3.05) is 6.61 Å². The minimum absolute atomic E-state index is 0.158. The molecule has 0 aliphatic heterocycles. The lowest BCUT2D eigenvalue weighted by molar-refractivity contribution is -0.116. The molecule has 0 unspecified atom stereocenters. The standard InChI is InChI=1S/C20H20BrN3O2/c1-2-11-26-18-7-3-15(4-8-18)5-10-20(25)22-12-17-14-24-13-16(21)6-9-19(24)23-17/h3-10,13-14H,2,11-12H2,1H3,(H,22,25)/b10-5+. The molecule has 0 atom stereocenters. The zero-order valence-electron chi connectivity index (χ0n) is 14.5. The Balaban J connectivity index is 1.53. The Bertz CT molecular complexity index is 916. The van der Waals surface area contributed by atoms with Gasteiger partial charge in [-0.15, -0.1) is 0 Å². The summed E-state index contributed by atoms with van der Waals surface area (Å²) in [7, 11) is 0. The SMILES string of the molecule is CCCOc1ccc(/C=C/C(=O)NCc2cn3cc(Br)ccc3n2)cc1. The van der Waals surface area contributed by atoms with Gasteiger partial charge in [-0.05, 0) is 58.3 Å². The van der Waals surface area contributed by atoms with E-state index in [1.54, 1.807) is 6.08 Å². The van der Waals surface area contributed by atoms with Gasteiger partial charge >= 0.3 is 0 Å². The average Bonchev–Trinajstić information content (AvgIpc) is 3.06. The summed E-state index contributed by atoms with van der Waals surface area (Å²) in [6, 6.07) is 11.5. The fourth-order valence-corrected chi connectivity index (χ4v) is 2.76. The number of carbonyl (C=O) groups excluding carboxylic acids is 1. The van der Waals surface area contributed by atoms with Crippen molar-refractivity contribution >= 4 is 33.6 Å². The van der Waals surface area contributed by atoms with E-state index in [0.29, 0.717) is 13.2 Å². The third-order valence-electron chi connectivity index (χ3n) is 3.69. The quantitative estimate of drug-likeness (QED) is 0.590. The van der Waals surface area contributed by atoms with Crippen LogP contribution in [0.25, 0.3) is 11.7 Å². The largest absolute Gasteiger partial charge is 0.494 e. The first kappa shape index (κ1) is 18.2. The van der Waals surface area contributed by atoms with Crippen molar-refractivity contribution in [3.05, 3.63) is 70.6 Å². The molecular weight excluding hydrogens is 394 g/mol. The van der Waals surface area contributed by atoms with Gasteiger partial charge in [0.25, 0.3) is 0 Å². The lowest BCUT2D eigenvalue weighted by Gasteiger charge is -2.04. The third-order valence-corrected chi connectivity index (χ3v) is 4.16. The topological polar surface area (TPSA) is 55.6 Å². The van der Waals surface area contributed by atoms with Gasteiger partial charge in [-0.2, -0.15) is 0 Å². The van der Waals surface area contributed by atoms with Crippen LogP contribution in [0.1, 0.15) is 24.6 Å². The number of rotatable bonds is 7. The fourth-order valence-electron chi connectivity index (χ4n) is 2.41. The third kappa shape index (κ3) is 4.95. The van der Waals surface area contributed by atoms with E-state index in [0.717, 1.165) is 33.5 Å². The van der Waals surface area contributed by atoms with Gasteiger partial charge in [0.05, 0.1) is 18.8 Å². The highest BCUT2D eigenvalue weighted by atomic mass is 79.9. The molecule has 0 aliphatic carbocycles. The molecule has 0 bridgehead atoms. The Hall–Kier alpha value is -2.60. The molecule has 0 radical (unpaired) electrons. The van der Waals surface area contributed by atoms with Crippen LogP contribution in [-0.4, -0.2) is 21.9 Å². The van der Waals surface area contributed by atoms with Crippen LogP contribution in [0.3, 0.4) is 0 Å². The number of halogens is 1. The summed E-state index contributed by atoms with van der Waals surface area (Å²) in [5.41, 5.74) is 2.60. The number of aromatic nitrogens is 2. The number of hydrogen-bond acceptors (Lipinski definition) is 3. The van der Waals surface area contributed by atoms with Crippen LogP contribution in [0, 0.1) is 0 Å². The lowest BCUT2D eigenvalue weighted by atomic mass is 10.2. The molecule has 134 valence electrons. The summed E-state index contributed by atoms with van der Waals surface area (Å²) in [5, 5.41) is 2.85. The Kier molecular flexibility index (Phi) is 6.07. The number of nitrogens with zero attached hydrogens (tertiary/aromatic N) is 2. The maximum Gasteiger partial charge on any atom is 0.244 e. The number of nitrogens with one attached hydrogen (secondary N) is 1. The number of benzene rings is 1. The molecule has 3 aromatic rings. The fraction of sp³-hybridized carbons (Fsp3) is 0.200. The second-order valence-corrected chi connectivity index (χ2v) is 6.73. The number of amides is 1. The molecule has 1 aromatic carbocycles. The molecule has 0 spiro atoms. The second-order valence-electron chi connectivity index (χ2n) is 5.81. The van der Waals surface area contributed by atoms with E-state index in [1.807, 2.05) is 53.2 Å². The van der Waals surface area contributed by atoms with Gasteiger partial charge in [-0.1, -0.05) is 19.1 Å². The van der Waals surface area contributed by atoms with Gasteiger partial charge in [0.2, 0.25) is 5.91 Å². The summed E-state index contributed by atoms with van der Waals surface area (Å²) in [6.07, 6.45) is 8.11. The molecule has 0 saturated heterocycles. The highest BCUT2D eigenvalue weighted by Gasteiger charge is 2.03. The van der Waals surface area contributed by atoms with Crippen molar-refractivity contribution in [1.29, 1.82) is 0 Å². The van der Waals surface area contributed by atoms with Crippen molar-refractivity contribution in [2.24, 2.45) is 0 Å². The van der Waals surface area contributed by atoms with Crippen molar-refractivity contribution < 1.29 is 9.53 Å². The molecule has 0 fully saturated rings. The molecule has 26 heavy (non-hydrogen) atoms. The van der Waals surface area contributed by atoms with E-state index >= 15 is 0 Å². The van der Waals surface area contributed by atoms with Crippen LogP contribution in [0.15, 0.2) is 59.3 Å². The zero-order valence-corrected chi connectivity index (χ0v) is 16.1. The minimum atomic E-state index is -0.158. The van der Waals surface area contributed by atoms with E-state index in [2.05, 4.69) is 33.2 Å². The zero-order chi connectivity index (χ0) is 18.4. The Morgan fingerprint density at radius 3 is 2.81 bits per heavy atom. The maximum absolute atomic E-state index is 12.0. The normalized spacial score (nSPS) is 11.2. The van der Waals surface area contributed by atoms with E-state index in [4.69, 9.17) is 4.74 Å². The first-order chi connectivity index (χ1) is 12.6. The van der Waals surface area contributed by atoms with Crippen molar-refractivity contribution in [2.45, 2.75) is 19.9 Å². The number of imidazole rings is 1. The molecule has 2 aromatic heterocycles. The van der Waals surface area contributed by atoms with Gasteiger partial charge in [-0.25, -0.2) is 4.98 Å². The second kappa shape index (κ2) is 8.67. The summed E-state index contributed by atoms with van der Waals surface area (Å²) < 4.78 is 8.44. The summed E-state index contributed by atoms with van der Waals surface area (Å²) >= 11 is 3.43. The molecule has 1 N–H and O–H groups in total. The summed E-state index contributed by atoms with van der Waals surface area (Å²) in [6.45, 7) is 3.16. The molecular formula is C20H20BrN3O2. The van der Waals surface area contributed by atoms with Gasteiger partial charge in [-0.3, -0.25) is 4.79 Å². The monoisotopic (exact) mass is 413 g/mol. The first-order valence-electron chi connectivity index (χ1n) is 8.46. The highest BCUT2D eigenvalue weighted by Crippen LogP contribution is 2.14. The van der Waals surface area contributed by atoms with Crippen LogP contribution in [0.4, 0.5) is 0 Å². The van der Waals surface area contributed by atoms with Crippen LogP contribution < -0.4 is 10.1 Å². The van der Waals surface area contributed by atoms with Gasteiger partial charge in [0.15, 0.2) is 0 Å². The van der Waals surface area contributed by atoms with Crippen molar-refractivity contribution in [3.8, 4) is 5.75 Å². The number of hydrogen-bond donors (Lipinski definition) is 1. The smallest absolute Gasteiger partial charge is 0.244 e. The predicted molar refractivity (Wildman–Crippen MR) is 106 cm³/mol. The van der Waals surface area contributed by atoms with Gasteiger partial charge < -0.3 is 14.5 Å². The van der Waals surface area contributed by atoms with Crippen LogP contribution >= 0.6 is 15.9 Å².